The van der Waals surface area contributed by atoms with E-state index in [1.807, 2.05) is 0 Å². The maximum Gasteiger partial charge on any atom is 0.188 e. The molecule has 0 aliphatic heterocycles. The number of nitrogens with two attached hydrogens (primary N) is 1. The predicted molar refractivity (Wildman–Crippen MR) is 83.9 cm³/mol. The topological polar surface area (TPSA) is 63.3 Å². The molecule has 0 spiro atoms. The van der Waals surface area contributed by atoms with Gasteiger partial charge >= 0.3 is 0 Å². The molecule has 1 rings (SSSR count). The zero-order valence-corrected chi connectivity index (χ0v) is 13.3. The normalized spacial score (nSPS) is 12.2. The monoisotopic (exact) mass is 282 g/mol. The van der Waals surface area contributed by atoms with Crippen LogP contribution >= 0.6 is 11.3 Å². The number of aromatic nitrogens is 1. The molecule has 0 radical (unpaired) electrons. The number of rotatable bonds is 7. The van der Waals surface area contributed by atoms with Crippen LogP contribution in [0, 0.1) is 12.8 Å². The molecule has 0 bridgehead atoms. The Bertz CT molecular complexity index is 410. The molecule has 1 heterocycles. The summed E-state index contributed by atoms with van der Waals surface area (Å²) in [7, 11) is 0. The highest BCUT2D eigenvalue weighted by Crippen LogP contribution is 2.17. The molecule has 108 valence electrons. The zero-order valence-electron chi connectivity index (χ0n) is 12.5. The first-order valence-corrected chi connectivity index (χ1v) is 7.83. The number of hydrogen-bond acceptors (Lipinski definition) is 3. The van der Waals surface area contributed by atoms with E-state index in [2.05, 4.69) is 43.0 Å². The number of hydrogen-bond donors (Lipinski definition) is 2. The average Bonchev–Trinajstić information content (AvgIpc) is 2.69. The first-order chi connectivity index (χ1) is 9.02. The lowest BCUT2D eigenvalue weighted by atomic mass is 10.1. The Morgan fingerprint density at radius 1 is 1.47 bits per heavy atom. The summed E-state index contributed by atoms with van der Waals surface area (Å²) in [5.74, 6) is 1.21. The molecular weight excluding hydrogens is 256 g/mol. The van der Waals surface area contributed by atoms with Crippen LogP contribution in [0.3, 0.4) is 0 Å². The Hall–Kier alpha value is -1.10. The molecule has 0 aliphatic carbocycles. The molecule has 3 N–H and O–H groups in total. The van der Waals surface area contributed by atoms with Crippen molar-refractivity contribution < 1.29 is 0 Å². The van der Waals surface area contributed by atoms with Crippen LogP contribution in [0.4, 0.5) is 0 Å². The highest BCUT2D eigenvalue weighted by Gasteiger charge is 2.05. The second-order valence-corrected chi connectivity index (χ2v) is 6.38. The first-order valence-electron chi connectivity index (χ1n) is 7.01. The van der Waals surface area contributed by atoms with Gasteiger partial charge in [-0.15, -0.1) is 11.3 Å². The number of nitrogens with one attached hydrogen (secondary N) is 1. The molecule has 0 atom stereocenters. The van der Waals surface area contributed by atoms with Gasteiger partial charge in [-0.05, 0) is 25.7 Å². The van der Waals surface area contributed by atoms with E-state index in [-0.39, 0.29) is 0 Å². The van der Waals surface area contributed by atoms with Crippen LogP contribution in [0.5, 0.6) is 0 Å². The van der Waals surface area contributed by atoms with Gasteiger partial charge in [0.15, 0.2) is 5.96 Å². The third kappa shape index (κ3) is 6.05. The third-order valence-corrected chi connectivity index (χ3v) is 3.98. The summed E-state index contributed by atoms with van der Waals surface area (Å²) >= 11 is 1.78. The highest BCUT2D eigenvalue weighted by atomic mass is 32.1. The standard InChI is InChI=1S/C14H26N4S/c1-5-12-11(4)19-13(18-12)7-9-17-14(15)16-8-6-10(2)3/h10H,5-9H2,1-4H3,(H3,15,16,17). The van der Waals surface area contributed by atoms with E-state index < -0.39 is 0 Å². The van der Waals surface area contributed by atoms with Crippen molar-refractivity contribution in [3.05, 3.63) is 15.6 Å². The van der Waals surface area contributed by atoms with Crippen molar-refractivity contribution in [3.63, 3.8) is 0 Å². The van der Waals surface area contributed by atoms with Crippen LogP contribution in [0.25, 0.3) is 0 Å². The van der Waals surface area contributed by atoms with Gasteiger partial charge in [-0.2, -0.15) is 0 Å². The summed E-state index contributed by atoms with van der Waals surface area (Å²) in [5, 5.41) is 4.32. The molecule has 0 amide bonds. The van der Waals surface area contributed by atoms with Gasteiger partial charge in [0.2, 0.25) is 0 Å². The van der Waals surface area contributed by atoms with Crippen LogP contribution in [0.15, 0.2) is 4.99 Å². The second-order valence-electron chi connectivity index (χ2n) is 5.09. The van der Waals surface area contributed by atoms with Gasteiger partial charge in [0.1, 0.15) is 0 Å². The van der Waals surface area contributed by atoms with E-state index >= 15 is 0 Å². The Balaban J connectivity index is 2.29. The van der Waals surface area contributed by atoms with E-state index in [1.165, 1.54) is 15.6 Å². The molecule has 0 aliphatic rings. The largest absolute Gasteiger partial charge is 0.370 e. The van der Waals surface area contributed by atoms with Gasteiger partial charge in [0.05, 0.1) is 10.7 Å². The zero-order chi connectivity index (χ0) is 14.3. The second kappa shape index (κ2) is 8.15. The molecule has 1 aromatic heterocycles. The van der Waals surface area contributed by atoms with Crippen LogP contribution in [0.2, 0.25) is 0 Å². The van der Waals surface area contributed by atoms with Crippen molar-refractivity contribution in [1.29, 1.82) is 0 Å². The molecule has 0 saturated heterocycles. The molecule has 5 heteroatoms. The van der Waals surface area contributed by atoms with E-state index in [4.69, 9.17) is 5.73 Å². The highest BCUT2D eigenvalue weighted by molar-refractivity contribution is 7.11. The van der Waals surface area contributed by atoms with Gasteiger partial charge in [0, 0.05) is 24.4 Å². The fourth-order valence-electron chi connectivity index (χ4n) is 1.72. The van der Waals surface area contributed by atoms with Crippen molar-refractivity contribution in [2.45, 2.75) is 47.0 Å². The number of thiazole rings is 1. The molecule has 0 fully saturated rings. The van der Waals surface area contributed by atoms with Gasteiger partial charge in [-0.1, -0.05) is 20.8 Å². The molecule has 0 saturated carbocycles. The Morgan fingerprint density at radius 3 is 2.79 bits per heavy atom. The van der Waals surface area contributed by atoms with E-state index in [9.17, 15) is 0 Å². The van der Waals surface area contributed by atoms with Crippen LogP contribution in [0.1, 0.15) is 42.8 Å². The van der Waals surface area contributed by atoms with E-state index in [0.29, 0.717) is 11.9 Å². The molecule has 1 aromatic rings. The summed E-state index contributed by atoms with van der Waals surface area (Å²) in [4.78, 5) is 10.2. The minimum Gasteiger partial charge on any atom is -0.370 e. The maximum absolute atomic E-state index is 5.81. The third-order valence-electron chi connectivity index (χ3n) is 2.91. The van der Waals surface area contributed by atoms with Gasteiger partial charge in [-0.25, -0.2) is 4.98 Å². The number of aliphatic imine (C=N–C) groups is 1. The average molecular weight is 282 g/mol. The predicted octanol–water partition coefficient (Wildman–Crippen LogP) is 2.51. The van der Waals surface area contributed by atoms with E-state index in [1.54, 1.807) is 11.3 Å². The van der Waals surface area contributed by atoms with Crippen LogP contribution < -0.4 is 11.1 Å². The van der Waals surface area contributed by atoms with E-state index in [0.717, 1.165) is 32.4 Å². The first kappa shape index (κ1) is 16.0. The molecular formula is C14H26N4S. The SMILES string of the molecule is CCc1nc(CCNC(N)=NCCC(C)C)sc1C. The smallest absolute Gasteiger partial charge is 0.188 e. The molecule has 0 aromatic carbocycles. The molecule has 4 nitrogen and oxygen atoms in total. The quantitative estimate of drug-likeness (QED) is 0.596. The summed E-state index contributed by atoms with van der Waals surface area (Å²) in [6.07, 6.45) is 2.99. The summed E-state index contributed by atoms with van der Waals surface area (Å²) in [5.41, 5.74) is 7.03. The van der Waals surface area contributed by atoms with Crippen molar-refractivity contribution in [2.75, 3.05) is 13.1 Å². The minimum absolute atomic E-state index is 0.546. The molecule has 0 unspecified atom stereocenters. The fraction of sp³-hybridized carbons (Fsp3) is 0.714. The summed E-state index contributed by atoms with van der Waals surface area (Å²) < 4.78 is 0. The lowest BCUT2D eigenvalue weighted by Gasteiger charge is -2.05. The van der Waals surface area contributed by atoms with Gasteiger partial charge in [0.25, 0.3) is 0 Å². The number of aryl methyl sites for hydroxylation is 2. The van der Waals surface area contributed by atoms with Crippen LogP contribution in [-0.4, -0.2) is 24.0 Å². The molecule has 19 heavy (non-hydrogen) atoms. The van der Waals surface area contributed by atoms with Crippen molar-refractivity contribution >= 4 is 17.3 Å². The lowest BCUT2D eigenvalue weighted by molar-refractivity contribution is 0.595. The van der Waals surface area contributed by atoms with Crippen molar-refractivity contribution in [3.8, 4) is 0 Å². The Kier molecular flexibility index (Phi) is 6.84. The van der Waals surface area contributed by atoms with Gasteiger partial charge < -0.3 is 11.1 Å². The van der Waals surface area contributed by atoms with Crippen LogP contribution in [-0.2, 0) is 12.8 Å². The van der Waals surface area contributed by atoms with Crippen molar-refractivity contribution in [1.82, 2.24) is 10.3 Å². The maximum atomic E-state index is 5.81. The summed E-state index contributed by atoms with van der Waals surface area (Å²) in [6.45, 7) is 10.3. The summed E-state index contributed by atoms with van der Waals surface area (Å²) in [6, 6.07) is 0. The fourth-order valence-corrected chi connectivity index (χ4v) is 2.74. The Labute approximate surface area is 120 Å². The number of nitrogens with zero attached hydrogens (tertiary/aromatic N) is 2. The van der Waals surface area contributed by atoms with Gasteiger partial charge in [-0.3, -0.25) is 4.99 Å². The minimum atomic E-state index is 0.546. The number of guanidine groups is 1. The lowest BCUT2D eigenvalue weighted by Crippen LogP contribution is -2.33. The Morgan fingerprint density at radius 2 is 2.21 bits per heavy atom. The van der Waals surface area contributed by atoms with Crippen molar-refractivity contribution in [2.24, 2.45) is 16.6 Å².